The quantitative estimate of drug-likeness (QED) is 0.631. The molecule has 2 amide bonds. The zero-order valence-corrected chi connectivity index (χ0v) is 21.9. The van der Waals surface area contributed by atoms with Gasteiger partial charge in [0.05, 0.1) is 11.7 Å². The highest BCUT2D eigenvalue weighted by Gasteiger charge is 2.28. The monoisotopic (exact) mass is 499 g/mol. The zero-order valence-electron chi connectivity index (χ0n) is 21.9. The van der Waals surface area contributed by atoms with Gasteiger partial charge in [0, 0.05) is 51.9 Å². The first-order valence-corrected chi connectivity index (χ1v) is 12.5. The topological polar surface area (TPSA) is 71.1 Å². The lowest BCUT2D eigenvalue weighted by atomic mass is 10.0. The van der Waals surface area contributed by atoms with E-state index in [1.165, 1.54) is 12.1 Å². The Kier molecular flexibility index (Phi) is 9.84. The van der Waals surface area contributed by atoms with E-state index in [2.05, 4.69) is 24.1 Å². The number of hydrogen-bond donors (Lipinski definition) is 1. The van der Waals surface area contributed by atoms with E-state index in [1.54, 1.807) is 49.4 Å². The van der Waals surface area contributed by atoms with Gasteiger partial charge < -0.3 is 19.7 Å². The molecule has 1 aliphatic rings. The van der Waals surface area contributed by atoms with E-state index in [1.807, 2.05) is 6.92 Å². The predicted octanol–water partition coefficient (Wildman–Crippen LogP) is 4.57. The smallest absolute Gasteiger partial charge is 0.257 e. The maximum absolute atomic E-state index is 13.4. The summed E-state index contributed by atoms with van der Waals surface area (Å²) in [6, 6.07) is 11.7. The van der Waals surface area contributed by atoms with Gasteiger partial charge in [-0.15, -0.1) is 0 Å². The number of nitrogens with one attached hydrogen (secondary N) is 1. The third-order valence-corrected chi connectivity index (χ3v) is 6.63. The molecule has 0 fully saturated rings. The number of carbonyl (C=O) groups excluding carboxylic acids is 2. The molecule has 2 aromatic carbocycles. The van der Waals surface area contributed by atoms with E-state index in [4.69, 9.17) is 9.47 Å². The molecule has 2 aromatic rings. The summed E-state index contributed by atoms with van der Waals surface area (Å²) >= 11 is 0. The molecule has 1 N–H and O–H groups in total. The molecule has 3 rings (SSSR count). The molecule has 8 heteroatoms. The highest BCUT2D eigenvalue weighted by Crippen LogP contribution is 2.27. The van der Waals surface area contributed by atoms with Gasteiger partial charge in [0.15, 0.2) is 0 Å². The second-order valence-corrected chi connectivity index (χ2v) is 9.66. The van der Waals surface area contributed by atoms with Gasteiger partial charge in [0.25, 0.3) is 5.91 Å². The molecular weight excluding hydrogens is 461 g/mol. The average Bonchev–Trinajstić information content (AvgIpc) is 2.86. The van der Waals surface area contributed by atoms with Gasteiger partial charge in [-0.05, 0) is 55.2 Å². The summed E-state index contributed by atoms with van der Waals surface area (Å²) in [5.74, 6) is 0.0438. The molecule has 36 heavy (non-hydrogen) atoms. The minimum atomic E-state index is -0.258. The van der Waals surface area contributed by atoms with Crippen molar-refractivity contribution in [1.82, 2.24) is 9.80 Å². The molecule has 196 valence electrons. The fourth-order valence-corrected chi connectivity index (χ4v) is 4.42. The molecule has 0 unspecified atom stereocenters. The van der Waals surface area contributed by atoms with Gasteiger partial charge in [-0.1, -0.05) is 26.0 Å². The molecule has 0 saturated carbocycles. The van der Waals surface area contributed by atoms with Crippen molar-refractivity contribution < 1.29 is 23.5 Å². The maximum Gasteiger partial charge on any atom is 0.257 e. The minimum Gasteiger partial charge on any atom is -0.491 e. The van der Waals surface area contributed by atoms with E-state index in [0.717, 1.165) is 18.5 Å². The Bertz CT molecular complexity index is 1030. The molecule has 7 nitrogen and oxygen atoms in total. The van der Waals surface area contributed by atoms with Crippen LogP contribution in [0.15, 0.2) is 42.5 Å². The number of rotatable bonds is 6. The molecule has 0 saturated heterocycles. The van der Waals surface area contributed by atoms with Crippen molar-refractivity contribution in [3.05, 3.63) is 59.4 Å². The van der Waals surface area contributed by atoms with Crippen LogP contribution in [0.25, 0.3) is 0 Å². The number of methoxy groups -OCH3 is 1. The van der Waals surface area contributed by atoms with Crippen molar-refractivity contribution in [3.63, 3.8) is 0 Å². The molecule has 0 radical (unpaired) electrons. The number of carbonyl (C=O) groups is 2. The van der Waals surface area contributed by atoms with Crippen LogP contribution in [0.2, 0.25) is 0 Å². The van der Waals surface area contributed by atoms with Crippen LogP contribution in [-0.2, 0) is 16.1 Å². The standard InChI is InChI=1S/C28H38FN3O4/c1-6-7-27(33)30-23-12-13-25-24(14-23)28(34)31(4)17-26(35-5)19(2)15-32(20(3)18-36-25)16-21-8-10-22(29)11-9-21/h8-14,19-20,26H,6-7,15-18H2,1-5H3,(H,30,33)/t19-,20-,26-/m1/s1. The largest absolute Gasteiger partial charge is 0.491 e. The van der Waals surface area contributed by atoms with E-state index < -0.39 is 0 Å². The van der Waals surface area contributed by atoms with Crippen LogP contribution in [0.3, 0.4) is 0 Å². The number of nitrogens with zero attached hydrogens (tertiary/aromatic N) is 2. The Hall–Kier alpha value is -2.97. The minimum absolute atomic E-state index is 0.0130. The molecule has 1 heterocycles. The fraction of sp³-hybridized carbons (Fsp3) is 0.500. The summed E-state index contributed by atoms with van der Waals surface area (Å²) in [5.41, 5.74) is 1.97. The summed E-state index contributed by atoms with van der Waals surface area (Å²) in [5, 5.41) is 2.86. The van der Waals surface area contributed by atoms with Crippen molar-refractivity contribution in [1.29, 1.82) is 0 Å². The first kappa shape index (κ1) is 27.6. The molecule has 0 spiro atoms. The SMILES string of the molecule is CCCC(=O)Nc1ccc2c(c1)C(=O)N(C)C[C@@H](OC)[C@H](C)CN(Cc1ccc(F)cc1)[C@H](C)CO2. The first-order valence-electron chi connectivity index (χ1n) is 12.5. The normalized spacial score (nSPS) is 21.7. The van der Waals surface area contributed by atoms with Crippen molar-refractivity contribution in [2.24, 2.45) is 5.92 Å². The molecule has 0 bridgehead atoms. The highest BCUT2D eigenvalue weighted by atomic mass is 19.1. The van der Waals surface area contributed by atoms with Crippen molar-refractivity contribution >= 4 is 17.5 Å². The van der Waals surface area contributed by atoms with Crippen molar-refractivity contribution in [3.8, 4) is 5.75 Å². The van der Waals surface area contributed by atoms with Gasteiger partial charge in [-0.2, -0.15) is 0 Å². The second-order valence-electron chi connectivity index (χ2n) is 9.66. The van der Waals surface area contributed by atoms with Gasteiger partial charge in [0.2, 0.25) is 5.91 Å². The third-order valence-electron chi connectivity index (χ3n) is 6.63. The molecule has 1 aliphatic heterocycles. The van der Waals surface area contributed by atoms with Crippen LogP contribution in [0.5, 0.6) is 5.75 Å². The number of likely N-dealkylation sites (N-methyl/N-ethyl adjacent to an activating group) is 1. The number of ether oxygens (including phenoxy) is 2. The van der Waals surface area contributed by atoms with Gasteiger partial charge in [0.1, 0.15) is 18.2 Å². The first-order chi connectivity index (χ1) is 17.2. The van der Waals surface area contributed by atoms with E-state index >= 15 is 0 Å². The van der Waals surface area contributed by atoms with E-state index in [-0.39, 0.29) is 35.7 Å². The summed E-state index contributed by atoms with van der Waals surface area (Å²) in [4.78, 5) is 29.5. The lowest BCUT2D eigenvalue weighted by Crippen LogP contribution is -2.46. The van der Waals surface area contributed by atoms with Crippen molar-refractivity contribution in [2.75, 3.05) is 39.2 Å². The zero-order chi connectivity index (χ0) is 26.2. The van der Waals surface area contributed by atoms with Crippen LogP contribution in [-0.4, -0.2) is 67.6 Å². The van der Waals surface area contributed by atoms with Gasteiger partial charge >= 0.3 is 0 Å². The Labute approximate surface area is 213 Å². The number of hydrogen-bond acceptors (Lipinski definition) is 5. The Balaban J connectivity index is 1.91. The van der Waals surface area contributed by atoms with Crippen LogP contribution in [0, 0.1) is 11.7 Å². The van der Waals surface area contributed by atoms with Crippen LogP contribution in [0.4, 0.5) is 10.1 Å². The average molecular weight is 500 g/mol. The number of benzene rings is 2. The number of fused-ring (bicyclic) bond motifs is 1. The van der Waals surface area contributed by atoms with E-state index in [0.29, 0.717) is 43.1 Å². The van der Waals surface area contributed by atoms with E-state index in [9.17, 15) is 14.0 Å². The lowest BCUT2D eigenvalue weighted by Gasteiger charge is -2.36. The summed E-state index contributed by atoms with van der Waals surface area (Å²) in [6.07, 6.45) is 0.971. The Morgan fingerprint density at radius 1 is 1.17 bits per heavy atom. The highest BCUT2D eigenvalue weighted by molar-refractivity contribution is 5.99. The van der Waals surface area contributed by atoms with Crippen LogP contribution < -0.4 is 10.1 Å². The number of anilines is 1. The number of halogens is 1. The Morgan fingerprint density at radius 2 is 1.89 bits per heavy atom. The Morgan fingerprint density at radius 3 is 2.56 bits per heavy atom. The summed E-state index contributed by atoms with van der Waals surface area (Å²) < 4.78 is 25.4. The molecule has 0 aliphatic carbocycles. The lowest BCUT2D eigenvalue weighted by molar-refractivity contribution is -0.116. The van der Waals surface area contributed by atoms with Gasteiger partial charge in [-0.25, -0.2) is 4.39 Å². The summed E-state index contributed by atoms with van der Waals surface area (Å²) in [7, 11) is 3.41. The molecule has 0 aromatic heterocycles. The third kappa shape index (κ3) is 7.27. The fourth-order valence-electron chi connectivity index (χ4n) is 4.42. The molecule has 3 atom stereocenters. The second kappa shape index (κ2) is 12.8. The summed E-state index contributed by atoms with van der Waals surface area (Å²) in [6.45, 7) is 8.25. The number of amides is 2. The predicted molar refractivity (Wildman–Crippen MR) is 139 cm³/mol. The molecular formula is C28H38FN3O4. The van der Waals surface area contributed by atoms with Gasteiger partial charge in [-0.3, -0.25) is 14.5 Å². The van der Waals surface area contributed by atoms with Crippen LogP contribution in [0.1, 0.15) is 49.5 Å². The maximum atomic E-state index is 13.4. The van der Waals surface area contributed by atoms with Crippen LogP contribution >= 0.6 is 0 Å². The van der Waals surface area contributed by atoms with Crippen molar-refractivity contribution in [2.45, 2.75) is 52.3 Å².